The molecule has 0 N–H and O–H groups in total. The van der Waals surface area contributed by atoms with E-state index in [2.05, 4.69) is 11.7 Å². The zero-order chi connectivity index (χ0) is 6.41. The summed E-state index contributed by atoms with van der Waals surface area (Å²) >= 11 is 0. The van der Waals surface area contributed by atoms with Crippen molar-refractivity contribution in [1.82, 2.24) is 0 Å². The minimum absolute atomic E-state index is 0. The van der Waals surface area contributed by atoms with Gasteiger partial charge in [-0.3, -0.25) is 4.79 Å². The van der Waals surface area contributed by atoms with Gasteiger partial charge in [-0.05, 0) is 6.42 Å². The molecule has 0 saturated heterocycles. The van der Waals surface area contributed by atoms with E-state index in [9.17, 15) is 4.79 Å². The molecule has 50 valence electrons. The van der Waals surface area contributed by atoms with Gasteiger partial charge >= 0.3 is 35.5 Å². The molecule has 0 aliphatic rings. The van der Waals surface area contributed by atoms with E-state index in [0.29, 0.717) is 6.61 Å². The predicted molar refractivity (Wildman–Crippen MR) is 38.7 cm³/mol. The van der Waals surface area contributed by atoms with Crippen molar-refractivity contribution >= 4 is 35.5 Å². The number of unbranched alkanes of at least 4 members (excludes halogenated alkanes) is 1. The van der Waals surface area contributed by atoms with Crippen molar-refractivity contribution in [1.29, 1.82) is 0 Å². The summed E-state index contributed by atoms with van der Waals surface area (Å²) in [5.74, 6) is -0.182. The fraction of sp³-hybridized carbons (Fsp3) is 0.833. The van der Waals surface area contributed by atoms with Crippen LogP contribution in [-0.2, 0) is 9.53 Å². The zero-order valence-corrected chi connectivity index (χ0v) is 5.44. The van der Waals surface area contributed by atoms with Crippen molar-refractivity contribution in [3.63, 3.8) is 0 Å². The van der Waals surface area contributed by atoms with Crippen molar-refractivity contribution in [2.24, 2.45) is 0 Å². The molecule has 0 saturated carbocycles. The molecular formula is C6H13NaO2. The average Bonchev–Trinajstić information content (AvgIpc) is 1.66. The van der Waals surface area contributed by atoms with Crippen LogP contribution in [0.5, 0.6) is 0 Å². The van der Waals surface area contributed by atoms with Gasteiger partial charge in [0.05, 0.1) is 6.61 Å². The van der Waals surface area contributed by atoms with E-state index in [0.717, 1.165) is 12.8 Å². The second-order valence-corrected chi connectivity index (χ2v) is 1.69. The summed E-state index contributed by atoms with van der Waals surface area (Å²) in [4.78, 5) is 10.1. The molecule has 3 heteroatoms. The Balaban J connectivity index is 0. The third-order valence-electron chi connectivity index (χ3n) is 0.803. The van der Waals surface area contributed by atoms with Crippen LogP contribution in [0.3, 0.4) is 0 Å². The van der Waals surface area contributed by atoms with Gasteiger partial charge in [0, 0.05) is 6.92 Å². The van der Waals surface area contributed by atoms with Crippen LogP contribution in [0.15, 0.2) is 0 Å². The number of carbonyl (C=O) groups is 1. The number of hydrogen-bond donors (Lipinski definition) is 0. The Hall–Kier alpha value is 0.470. The molecule has 0 spiro atoms. The molecule has 0 aromatic heterocycles. The topological polar surface area (TPSA) is 26.3 Å². The zero-order valence-electron chi connectivity index (χ0n) is 5.44. The number of esters is 1. The van der Waals surface area contributed by atoms with Gasteiger partial charge in [0.2, 0.25) is 0 Å². The van der Waals surface area contributed by atoms with Crippen molar-refractivity contribution in [2.75, 3.05) is 6.61 Å². The van der Waals surface area contributed by atoms with Gasteiger partial charge in [-0.1, -0.05) is 13.3 Å². The molecule has 0 aliphatic heterocycles. The van der Waals surface area contributed by atoms with Crippen LogP contribution in [0.4, 0.5) is 0 Å². The molecule has 0 heterocycles. The molecule has 9 heavy (non-hydrogen) atoms. The van der Waals surface area contributed by atoms with Gasteiger partial charge in [0.25, 0.3) is 0 Å². The SMILES string of the molecule is CCCCOC(C)=O.[NaH]. The monoisotopic (exact) mass is 140 g/mol. The molecule has 0 aliphatic carbocycles. The van der Waals surface area contributed by atoms with Gasteiger partial charge in [0.15, 0.2) is 0 Å². The van der Waals surface area contributed by atoms with Gasteiger partial charge in [-0.25, -0.2) is 0 Å². The van der Waals surface area contributed by atoms with Crippen LogP contribution >= 0.6 is 0 Å². The standard InChI is InChI=1S/C6H12O2.Na.H/c1-3-4-5-8-6(2)7;;/h3-5H2,1-2H3;;. The van der Waals surface area contributed by atoms with E-state index < -0.39 is 0 Å². The van der Waals surface area contributed by atoms with Gasteiger partial charge in [-0.15, -0.1) is 0 Å². The quantitative estimate of drug-likeness (QED) is 0.327. The molecule has 0 radical (unpaired) electrons. The van der Waals surface area contributed by atoms with Crippen LogP contribution in [0.1, 0.15) is 26.7 Å². The molecular weight excluding hydrogens is 127 g/mol. The first kappa shape index (κ1) is 12.2. The van der Waals surface area contributed by atoms with Gasteiger partial charge < -0.3 is 4.74 Å². The summed E-state index contributed by atoms with van der Waals surface area (Å²) < 4.78 is 4.64. The first-order chi connectivity index (χ1) is 3.77. The van der Waals surface area contributed by atoms with Crippen LogP contribution < -0.4 is 0 Å². The van der Waals surface area contributed by atoms with Crippen LogP contribution in [0.25, 0.3) is 0 Å². The second kappa shape index (κ2) is 8.47. The first-order valence-electron chi connectivity index (χ1n) is 2.90. The summed E-state index contributed by atoms with van der Waals surface area (Å²) in [6, 6.07) is 0. The van der Waals surface area contributed by atoms with Crippen LogP contribution in [-0.4, -0.2) is 42.1 Å². The molecule has 0 aromatic carbocycles. The second-order valence-electron chi connectivity index (χ2n) is 1.69. The van der Waals surface area contributed by atoms with Gasteiger partial charge in [-0.2, -0.15) is 0 Å². The molecule has 0 bridgehead atoms. The summed E-state index contributed by atoms with van der Waals surface area (Å²) in [6.07, 6.45) is 2.05. The van der Waals surface area contributed by atoms with E-state index in [-0.39, 0.29) is 35.5 Å². The Morgan fingerprint density at radius 1 is 1.56 bits per heavy atom. The molecule has 0 unspecified atom stereocenters. The Kier molecular flexibility index (Phi) is 11.5. The molecule has 0 fully saturated rings. The van der Waals surface area contributed by atoms with E-state index in [1.54, 1.807) is 0 Å². The van der Waals surface area contributed by atoms with E-state index in [1.807, 2.05) is 0 Å². The van der Waals surface area contributed by atoms with Crippen molar-refractivity contribution in [3.05, 3.63) is 0 Å². The van der Waals surface area contributed by atoms with E-state index in [1.165, 1.54) is 6.92 Å². The number of carbonyl (C=O) groups excluding carboxylic acids is 1. The Labute approximate surface area is 78.3 Å². The van der Waals surface area contributed by atoms with E-state index >= 15 is 0 Å². The minimum atomic E-state index is -0.182. The fourth-order valence-corrected chi connectivity index (χ4v) is 0.360. The summed E-state index contributed by atoms with van der Waals surface area (Å²) in [7, 11) is 0. The number of ether oxygens (including phenoxy) is 1. The molecule has 0 rings (SSSR count). The number of rotatable bonds is 3. The maximum atomic E-state index is 10.1. The normalized spacial score (nSPS) is 7.78. The van der Waals surface area contributed by atoms with Crippen molar-refractivity contribution < 1.29 is 9.53 Å². The third-order valence-corrected chi connectivity index (χ3v) is 0.803. The third kappa shape index (κ3) is 11.8. The van der Waals surface area contributed by atoms with Crippen molar-refractivity contribution in [3.8, 4) is 0 Å². The predicted octanol–water partition coefficient (Wildman–Crippen LogP) is 0.701. The Bertz CT molecular complexity index is 73.5. The Morgan fingerprint density at radius 3 is 2.44 bits per heavy atom. The molecule has 2 nitrogen and oxygen atoms in total. The first-order valence-corrected chi connectivity index (χ1v) is 2.90. The summed E-state index contributed by atoms with van der Waals surface area (Å²) in [5, 5.41) is 0. The van der Waals surface area contributed by atoms with Crippen LogP contribution in [0.2, 0.25) is 0 Å². The number of hydrogen-bond acceptors (Lipinski definition) is 2. The fourth-order valence-electron chi connectivity index (χ4n) is 0.360. The summed E-state index contributed by atoms with van der Waals surface area (Å²) in [5.41, 5.74) is 0. The van der Waals surface area contributed by atoms with Crippen LogP contribution in [0, 0.1) is 0 Å². The molecule has 0 amide bonds. The maximum absolute atomic E-state index is 10.1. The Morgan fingerprint density at radius 2 is 2.11 bits per heavy atom. The van der Waals surface area contributed by atoms with Crippen molar-refractivity contribution in [2.45, 2.75) is 26.7 Å². The average molecular weight is 140 g/mol. The summed E-state index contributed by atoms with van der Waals surface area (Å²) in [6.45, 7) is 4.06. The van der Waals surface area contributed by atoms with Gasteiger partial charge in [0.1, 0.15) is 0 Å². The molecule has 0 aromatic rings. The van der Waals surface area contributed by atoms with E-state index in [4.69, 9.17) is 0 Å². The molecule has 0 atom stereocenters.